The average Bonchev–Trinajstić information content (AvgIpc) is 2.99. The number of pyridine rings is 1. The van der Waals surface area contributed by atoms with Crippen molar-refractivity contribution in [3.8, 4) is 5.75 Å². The van der Waals surface area contributed by atoms with Gasteiger partial charge in [0.1, 0.15) is 5.56 Å². The summed E-state index contributed by atoms with van der Waals surface area (Å²) < 4.78 is 44.3. The van der Waals surface area contributed by atoms with E-state index in [-0.39, 0.29) is 17.5 Å². The maximum absolute atomic E-state index is 13.0. The molecule has 1 aromatic rings. The monoisotopic (exact) mass is 246 g/mol. The van der Waals surface area contributed by atoms with Gasteiger partial charge >= 0.3 is 6.18 Å². The lowest BCUT2D eigenvalue weighted by molar-refractivity contribution is -0.138. The highest BCUT2D eigenvalue weighted by Crippen LogP contribution is 2.43. The highest BCUT2D eigenvalue weighted by molar-refractivity contribution is 5.58. The Morgan fingerprint density at radius 2 is 1.94 bits per heavy atom. The van der Waals surface area contributed by atoms with E-state index in [0.717, 1.165) is 19.0 Å². The Morgan fingerprint density at radius 1 is 1.29 bits per heavy atom. The van der Waals surface area contributed by atoms with Gasteiger partial charge in [0.05, 0.1) is 24.2 Å². The van der Waals surface area contributed by atoms with Crippen LogP contribution in [0.25, 0.3) is 0 Å². The van der Waals surface area contributed by atoms with Crippen molar-refractivity contribution in [2.24, 2.45) is 0 Å². The SMILES string of the molecule is CN(C)c1cncc(OC2CC2)c1C(F)(F)F. The number of ether oxygens (including phenoxy) is 1. The minimum absolute atomic E-state index is 0.0238. The summed E-state index contributed by atoms with van der Waals surface area (Å²) in [6.07, 6.45) is -0.577. The van der Waals surface area contributed by atoms with E-state index in [0.29, 0.717) is 0 Å². The van der Waals surface area contributed by atoms with Crippen molar-refractivity contribution in [3.63, 3.8) is 0 Å². The zero-order valence-corrected chi connectivity index (χ0v) is 9.58. The lowest BCUT2D eigenvalue weighted by Crippen LogP contribution is -2.18. The quantitative estimate of drug-likeness (QED) is 0.820. The van der Waals surface area contributed by atoms with E-state index < -0.39 is 11.7 Å². The first-order chi connectivity index (χ1) is 7.89. The Bertz CT molecular complexity index is 414. The Balaban J connectivity index is 2.45. The highest BCUT2D eigenvalue weighted by Gasteiger charge is 2.39. The molecular formula is C11H13F3N2O. The van der Waals surface area contributed by atoms with Gasteiger partial charge in [-0.15, -0.1) is 0 Å². The van der Waals surface area contributed by atoms with Crippen LogP contribution in [0.3, 0.4) is 0 Å². The van der Waals surface area contributed by atoms with Crippen LogP contribution in [0.5, 0.6) is 5.75 Å². The van der Waals surface area contributed by atoms with E-state index in [2.05, 4.69) is 4.98 Å². The largest absolute Gasteiger partial charge is 0.488 e. The second kappa shape index (κ2) is 4.09. The fourth-order valence-electron chi connectivity index (χ4n) is 1.51. The first-order valence-electron chi connectivity index (χ1n) is 5.29. The lowest BCUT2D eigenvalue weighted by Gasteiger charge is -2.21. The molecule has 0 atom stereocenters. The van der Waals surface area contributed by atoms with Crippen molar-refractivity contribution < 1.29 is 17.9 Å². The van der Waals surface area contributed by atoms with Crippen LogP contribution in [0.4, 0.5) is 18.9 Å². The maximum Gasteiger partial charge on any atom is 0.422 e. The first-order valence-corrected chi connectivity index (χ1v) is 5.29. The van der Waals surface area contributed by atoms with Gasteiger partial charge in [-0.3, -0.25) is 4.98 Å². The maximum atomic E-state index is 13.0. The van der Waals surface area contributed by atoms with Crippen LogP contribution in [-0.4, -0.2) is 25.2 Å². The fraction of sp³-hybridized carbons (Fsp3) is 0.545. The molecule has 0 saturated heterocycles. The molecule has 0 N–H and O–H groups in total. The molecular weight excluding hydrogens is 233 g/mol. The van der Waals surface area contributed by atoms with Gasteiger partial charge in [0.15, 0.2) is 5.75 Å². The molecule has 0 unspecified atom stereocenters. The molecule has 0 bridgehead atoms. The molecule has 0 amide bonds. The van der Waals surface area contributed by atoms with Crippen molar-refractivity contribution >= 4 is 5.69 Å². The standard InChI is InChI=1S/C11H13F3N2O/c1-16(2)8-5-15-6-9(17-7-3-4-7)10(8)11(12,13)14/h5-7H,3-4H2,1-2H3. The number of alkyl halides is 3. The summed E-state index contributed by atoms with van der Waals surface area (Å²) in [7, 11) is 3.10. The van der Waals surface area contributed by atoms with E-state index >= 15 is 0 Å². The third-order valence-corrected chi connectivity index (χ3v) is 2.47. The minimum Gasteiger partial charge on any atom is -0.488 e. The van der Waals surface area contributed by atoms with Gasteiger partial charge in [-0.1, -0.05) is 0 Å². The molecule has 0 radical (unpaired) electrons. The van der Waals surface area contributed by atoms with Crippen LogP contribution in [0.2, 0.25) is 0 Å². The second-order valence-corrected chi connectivity index (χ2v) is 4.24. The van der Waals surface area contributed by atoms with Gasteiger partial charge in [-0.2, -0.15) is 13.2 Å². The van der Waals surface area contributed by atoms with Gasteiger partial charge in [0.25, 0.3) is 0 Å². The third-order valence-electron chi connectivity index (χ3n) is 2.47. The van der Waals surface area contributed by atoms with Gasteiger partial charge < -0.3 is 9.64 Å². The summed E-state index contributed by atoms with van der Waals surface area (Å²) >= 11 is 0. The molecule has 1 saturated carbocycles. The molecule has 1 heterocycles. The number of anilines is 1. The summed E-state index contributed by atoms with van der Waals surface area (Å²) in [5.41, 5.74) is -0.722. The molecule has 2 rings (SSSR count). The summed E-state index contributed by atoms with van der Waals surface area (Å²) in [5.74, 6) is -0.175. The van der Waals surface area contributed by atoms with Crippen molar-refractivity contribution in [1.29, 1.82) is 0 Å². The van der Waals surface area contributed by atoms with Gasteiger partial charge in [-0.25, -0.2) is 0 Å². The summed E-state index contributed by atoms with van der Waals surface area (Å²) in [6, 6.07) is 0. The van der Waals surface area contributed by atoms with Crippen LogP contribution >= 0.6 is 0 Å². The Labute approximate surface area is 97.2 Å². The van der Waals surface area contributed by atoms with E-state index in [1.807, 2.05) is 0 Å². The normalized spacial score (nSPS) is 15.8. The highest BCUT2D eigenvalue weighted by atomic mass is 19.4. The molecule has 1 aliphatic carbocycles. The average molecular weight is 246 g/mol. The van der Waals surface area contributed by atoms with Crippen molar-refractivity contribution in [2.45, 2.75) is 25.1 Å². The van der Waals surface area contributed by atoms with Crippen LogP contribution in [0.1, 0.15) is 18.4 Å². The number of halogens is 3. The first kappa shape index (κ1) is 12.0. The predicted octanol–water partition coefficient (Wildman–Crippen LogP) is 2.71. The predicted molar refractivity (Wildman–Crippen MR) is 57.2 cm³/mol. The van der Waals surface area contributed by atoms with Crippen LogP contribution in [0, 0.1) is 0 Å². The number of nitrogens with zero attached hydrogens (tertiary/aromatic N) is 2. The molecule has 1 aromatic heterocycles. The number of hydrogen-bond donors (Lipinski definition) is 0. The van der Waals surface area contributed by atoms with Gasteiger partial charge in [-0.05, 0) is 12.8 Å². The van der Waals surface area contributed by atoms with E-state index in [4.69, 9.17) is 4.74 Å². The van der Waals surface area contributed by atoms with Crippen molar-refractivity contribution in [2.75, 3.05) is 19.0 Å². The van der Waals surface area contributed by atoms with E-state index in [1.165, 1.54) is 11.1 Å². The third kappa shape index (κ3) is 2.62. The lowest BCUT2D eigenvalue weighted by atomic mass is 10.2. The molecule has 1 fully saturated rings. The molecule has 0 aromatic carbocycles. The van der Waals surface area contributed by atoms with E-state index in [9.17, 15) is 13.2 Å². The molecule has 0 spiro atoms. The molecule has 17 heavy (non-hydrogen) atoms. The summed E-state index contributed by atoms with van der Waals surface area (Å²) in [6.45, 7) is 0. The topological polar surface area (TPSA) is 25.4 Å². The van der Waals surface area contributed by atoms with Crippen LogP contribution in [0.15, 0.2) is 12.4 Å². The molecule has 1 aliphatic rings. The molecule has 6 heteroatoms. The summed E-state index contributed by atoms with van der Waals surface area (Å²) in [4.78, 5) is 5.18. The minimum atomic E-state index is -4.44. The molecule has 0 aliphatic heterocycles. The number of hydrogen-bond acceptors (Lipinski definition) is 3. The zero-order chi connectivity index (χ0) is 12.6. The zero-order valence-electron chi connectivity index (χ0n) is 9.58. The smallest absolute Gasteiger partial charge is 0.422 e. The Hall–Kier alpha value is -1.46. The Morgan fingerprint density at radius 3 is 2.41 bits per heavy atom. The molecule has 3 nitrogen and oxygen atoms in total. The van der Waals surface area contributed by atoms with Crippen molar-refractivity contribution in [3.05, 3.63) is 18.0 Å². The van der Waals surface area contributed by atoms with Gasteiger partial charge in [0, 0.05) is 14.1 Å². The Kier molecular flexibility index (Phi) is 2.89. The molecule has 94 valence electrons. The van der Waals surface area contributed by atoms with Crippen LogP contribution < -0.4 is 9.64 Å². The van der Waals surface area contributed by atoms with Crippen LogP contribution in [-0.2, 0) is 6.18 Å². The van der Waals surface area contributed by atoms with Crippen molar-refractivity contribution in [1.82, 2.24) is 4.98 Å². The summed E-state index contributed by atoms with van der Waals surface area (Å²) in [5, 5.41) is 0. The van der Waals surface area contributed by atoms with Gasteiger partial charge in [0.2, 0.25) is 0 Å². The fourth-order valence-corrected chi connectivity index (χ4v) is 1.51. The second-order valence-electron chi connectivity index (χ2n) is 4.24. The number of aromatic nitrogens is 1. The number of rotatable bonds is 3. The van der Waals surface area contributed by atoms with E-state index in [1.54, 1.807) is 14.1 Å².